The van der Waals surface area contributed by atoms with Crippen LogP contribution in [0.2, 0.25) is 0 Å². The molecule has 3 rings (SSSR count). The summed E-state index contributed by atoms with van der Waals surface area (Å²) in [5.74, 6) is 0. The summed E-state index contributed by atoms with van der Waals surface area (Å²) < 4.78 is 1.80. The molecule has 0 spiro atoms. The Morgan fingerprint density at radius 2 is 2.14 bits per heavy atom. The minimum absolute atomic E-state index is 0.0287. The summed E-state index contributed by atoms with van der Waals surface area (Å²) in [4.78, 5) is 14.9. The molecule has 2 N–H and O–H groups in total. The largest absolute Gasteiger partial charge is 0.322 e. The fourth-order valence-corrected chi connectivity index (χ4v) is 2.36. The van der Waals surface area contributed by atoms with Gasteiger partial charge in [0.15, 0.2) is 0 Å². The molecular formula is C16H18N4O. The van der Waals surface area contributed by atoms with E-state index in [0.29, 0.717) is 6.54 Å². The topological polar surface area (TPSA) is 62.7 Å². The number of aromatic nitrogens is 3. The number of hydrogen-bond acceptors (Lipinski definition) is 3. The molecule has 0 fully saturated rings. The van der Waals surface area contributed by atoms with Gasteiger partial charge in [-0.05, 0) is 23.6 Å². The minimum Gasteiger partial charge on any atom is -0.322 e. The van der Waals surface area contributed by atoms with Gasteiger partial charge in [0.2, 0.25) is 0 Å². The molecular weight excluding hydrogens is 264 g/mol. The van der Waals surface area contributed by atoms with Crippen LogP contribution in [0.25, 0.3) is 10.9 Å². The Bertz CT molecular complexity index is 803. The van der Waals surface area contributed by atoms with E-state index >= 15 is 0 Å². The van der Waals surface area contributed by atoms with Crippen LogP contribution in [-0.2, 0) is 20.0 Å². The van der Waals surface area contributed by atoms with Crippen molar-refractivity contribution in [1.29, 1.82) is 0 Å². The first-order valence-electron chi connectivity index (χ1n) is 7.02. The van der Waals surface area contributed by atoms with Crippen LogP contribution in [0.4, 0.5) is 0 Å². The number of hydrogen-bond donors (Lipinski definition) is 2. The zero-order valence-electron chi connectivity index (χ0n) is 12.0. The maximum Gasteiger partial charge on any atom is 0.252 e. The molecule has 1 aromatic carbocycles. The molecule has 108 valence electrons. The van der Waals surface area contributed by atoms with E-state index in [0.717, 1.165) is 35.1 Å². The Labute approximate surface area is 122 Å². The number of aryl methyl sites for hydroxylation is 1. The second kappa shape index (κ2) is 5.93. The standard InChI is InChI=1S/C16H18N4O/c1-20-9-7-14(19-20)6-8-17-11-13-10-12-4-2-3-5-15(12)18-16(13)21/h2-5,7,9-10,17H,6,8,11H2,1H3,(H,18,21). The van der Waals surface area contributed by atoms with Crippen molar-refractivity contribution >= 4 is 10.9 Å². The van der Waals surface area contributed by atoms with Crippen LogP contribution in [0.3, 0.4) is 0 Å². The third-order valence-electron chi connectivity index (χ3n) is 3.47. The number of para-hydroxylation sites is 1. The van der Waals surface area contributed by atoms with E-state index in [2.05, 4.69) is 15.4 Å². The van der Waals surface area contributed by atoms with Crippen LogP contribution in [-0.4, -0.2) is 21.3 Å². The highest BCUT2D eigenvalue weighted by atomic mass is 16.1. The number of benzene rings is 1. The van der Waals surface area contributed by atoms with E-state index in [-0.39, 0.29) is 5.56 Å². The number of nitrogens with zero attached hydrogens (tertiary/aromatic N) is 2. The van der Waals surface area contributed by atoms with Crippen molar-refractivity contribution in [3.63, 3.8) is 0 Å². The number of fused-ring (bicyclic) bond motifs is 1. The van der Waals surface area contributed by atoms with Crippen LogP contribution in [0.1, 0.15) is 11.3 Å². The molecule has 2 aromatic heterocycles. The van der Waals surface area contributed by atoms with Crippen LogP contribution in [0.5, 0.6) is 0 Å². The highest BCUT2D eigenvalue weighted by Crippen LogP contribution is 2.09. The minimum atomic E-state index is -0.0287. The summed E-state index contributed by atoms with van der Waals surface area (Å²) in [5, 5.41) is 8.67. The van der Waals surface area contributed by atoms with Crippen LogP contribution < -0.4 is 10.9 Å². The van der Waals surface area contributed by atoms with Gasteiger partial charge in [-0.25, -0.2) is 0 Å². The number of H-pyrrole nitrogens is 1. The van der Waals surface area contributed by atoms with Gasteiger partial charge in [-0.15, -0.1) is 0 Å². The second-order valence-corrected chi connectivity index (χ2v) is 5.12. The van der Waals surface area contributed by atoms with Gasteiger partial charge in [0, 0.05) is 43.8 Å². The highest BCUT2D eigenvalue weighted by Gasteiger charge is 2.02. The zero-order valence-corrected chi connectivity index (χ0v) is 12.0. The average molecular weight is 282 g/mol. The van der Waals surface area contributed by atoms with Crippen molar-refractivity contribution in [1.82, 2.24) is 20.1 Å². The van der Waals surface area contributed by atoms with Crippen molar-refractivity contribution in [3.8, 4) is 0 Å². The summed E-state index contributed by atoms with van der Waals surface area (Å²) in [5.41, 5.74) is 2.66. The lowest BCUT2D eigenvalue weighted by atomic mass is 10.1. The van der Waals surface area contributed by atoms with Crippen LogP contribution in [0.15, 0.2) is 47.4 Å². The Balaban J connectivity index is 1.62. The normalized spacial score (nSPS) is 11.1. The molecule has 0 aliphatic heterocycles. The molecule has 5 heteroatoms. The van der Waals surface area contributed by atoms with Crippen LogP contribution in [0, 0.1) is 0 Å². The number of nitrogens with one attached hydrogen (secondary N) is 2. The van der Waals surface area contributed by atoms with Gasteiger partial charge in [0.1, 0.15) is 0 Å². The summed E-state index contributed by atoms with van der Waals surface area (Å²) in [6, 6.07) is 11.8. The Morgan fingerprint density at radius 3 is 2.95 bits per heavy atom. The van der Waals surface area contributed by atoms with E-state index in [1.54, 1.807) is 4.68 Å². The van der Waals surface area contributed by atoms with Gasteiger partial charge in [-0.3, -0.25) is 9.48 Å². The molecule has 3 aromatic rings. The monoisotopic (exact) mass is 282 g/mol. The van der Waals surface area contributed by atoms with E-state index in [9.17, 15) is 4.79 Å². The molecule has 5 nitrogen and oxygen atoms in total. The lowest BCUT2D eigenvalue weighted by Gasteiger charge is -2.05. The zero-order chi connectivity index (χ0) is 14.7. The Kier molecular flexibility index (Phi) is 3.83. The molecule has 2 heterocycles. The fourth-order valence-electron chi connectivity index (χ4n) is 2.36. The third kappa shape index (κ3) is 3.20. The van der Waals surface area contributed by atoms with Gasteiger partial charge in [-0.2, -0.15) is 5.10 Å². The lowest BCUT2D eigenvalue weighted by Crippen LogP contribution is -2.22. The van der Waals surface area contributed by atoms with E-state index in [1.807, 2.05) is 49.6 Å². The predicted octanol–water partition coefficient (Wildman–Crippen LogP) is 1.59. The third-order valence-corrected chi connectivity index (χ3v) is 3.47. The lowest BCUT2D eigenvalue weighted by molar-refractivity contribution is 0.662. The molecule has 0 aliphatic carbocycles. The summed E-state index contributed by atoms with van der Waals surface area (Å²) in [6.45, 7) is 1.36. The first kappa shape index (κ1) is 13.6. The molecule has 0 unspecified atom stereocenters. The summed E-state index contributed by atoms with van der Waals surface area (Å²) >= 11 is 0. The molecule has 21 heavy (non-hydrogen) atoms. The van der Waals surface area contributed by atoms with Gasteiger partial charge >= 0.3 is 0 Å². The smallest absolute Gasteiger partial charge is 0.252 e. The molecule has 0 saturated carbocycles. The fraction of sp³-hybridized carbons (Fsp3) is 0.250. The molecule has 0 atom stereocenters. The first-order valence-corrected chi connectivity index (χ1v) is 7.02. The van der Waals surface area contributed by atoms with E-state index in [1.165, 1.54) is 0 Å². The SMILES string of the molecule is Cn1ccc(CCNCc2cc3ccccc3[nH]c2=O)n1. The molecule has 0 radical (unpaired) electrons. The Hall–Kier alpha value is -2.40. The highest BCUT2D eigenvalue weighted by molar-refractivity contribution is 5.78. The van der Waals surface area contributed by atoms with E-state index < -0.39 is 0 Å². The van der Waals surface area contributed by atoms with Crippen molar-refractivity contribution in [2.45, 2.75) is 13.0 Å². The maximum atomic E-state index is 12.0. The summed E-state index contributed by atoms with van der Waals surface area (Å²) in [7, 11) is 1.91. The van der Waals surface area contributed by atoms with Gasteiger partial charge in [0.25, 0.3) is 5.56 Å². The quantitative estimate of drug-likeness (QED) is 0.699. The molecule has 0 saturated heterocycles. The van der Waals surface area contributed by atoms with Crippen molar-refractivity contribution in [2.24, 2.45) is 7.05 Å². The van der Waals surface area contributed by atoms with Crippen molar-refractivity contribution in [2.75, 3.05) is 6.54 Å². The molecule has 0 aliphatic rings. The van der Waals surface area contributed by atoms with Crippen molar-refractivity contribution in [3.05, 3.63) is 64.2 Å². The molecule has 0 bridgehead atoms. The Morgan fingerprint density at radius 1 is 1.29 bits per heavy atom. The summed E-state index contributed by atoms with van der Waals surface area (Å²) in [6.07, 6.45) is 2.79. The molecule has 0 amide bonds. The van der Waals surface area contributed by atoms with Gasteiger partial charge in [0.05, 0.1) is 5.69 Å². The number of aromatic amines is 1. The van der Waals surface area contributed by atoms with Crippen LogP contribution >= 0.6 is 0 Å². The number of rotatable bonds is 5. The van der Waals surface area contributed by atoms with E-state index in [4.69, 9.17) is 0 Å². The average Bonchev–Trinajstić information content (AvgIpc) is 2.89. The van der Waals surface area contributed by atoms with Gasteiger partial charge in [-0.1, -0.05) is 18.2 Å². The van der Waals surface area contributed by atoms with Gasteiger partial charge < -0.3 is 10.3 Å². The predicted molar refractivity (Wildman–Crippen MR) is 83.2 cm³/mol. The maximum absolute atomic E-state index is 12.0. The first-order chi connectivity index (χ1) is 10.2. The second-order valence-electron chi connectivity index (χ2n) is 5.12. The van der Waals surface area contributed by atoms with Crippen molar-refractivity contribution < 1.29 is 0 Å². The number of pyridine rings is 1.